The number of nitrogen functional groups attached to an aromatic ring is 1. The van der Waals surface area contributed by atoms with Gasteiger partial charge >= 0.3 is 12.2 Å². The number of urea groups is 1. The molecule has 0 aliphatic carbocycles. The van der Waals surface area contributed by atoms with Crippen LogP contribution in [0.25, 0.3) is 16.6 Å². The molecule has 2 amide bonds. The molecule has 0 radical (unpaired) electrons. The number of ether oxygens (including phenoxy) is 1. The van der Waals surface area contributed by atoms with Gasteiger partial charge in [-0.15, -0.1) is 0 Å². The lowest BCUT2D eigenvalue weighted by Gasteiger charge is -2.26. The van der Waals surface area contributed by atoms with Crippen LogP contribution in [0.15, 0.2) is 48.9 Å². The molecule has 0 atom stereocenters. The maximum absolute atomic E-state index is 13.0. The summed E-state index contributed by atoms with van der Waals surface area (Å²) in [5.41, 5.74) is 8.54. The molecule has 208 valence electrons. The van der Waals surface area contributed by atoms with E-state index >= 15 is 0 Å². The lowest BCUT2D eigenvalue weighted by Crippen LogP contribution is -2.36. The highest BCUT2D eigenvalue weighted by molar-refractivity contribution is 6.08. The third-order valence-corrected chi connectivity index (χ3v) is 6.44. The van der Waals surface area contributed by atoms with Crippen LogP contribution in [0.2, 0.25) is 0 Å². The Bertz CT molecular complexity index is 1560. The average Bonchev–Trinajstić information content (AvgIpc) is 3.25. The highest BCUT2D eigenvalue weighted by Crippen LogP contribution is 2.37. The van der Waals surface area contributed by atoms with E-state index in [1.807, 2.05) is 0 Å². The Morgan fingerprint density at radius 1 is 1.07 bits per heavy atom. The van der Waals surface area contributed by atoms with Gasteiger partial charge in [0.1, 0.15) is 17.7 Å². The molecule has 0 spiro atoms. The summed E-state index contributed by atoms with van der Waals surface area (Å²) in [7, 11) is 0. The third kappa shape index (κ3) is 5.58. The molecule has 1 aliphatic rings. The van der Waals surface area contributed by atoms with Crippen molar-refractivity contribution in [1.29, 1.82) is 0 Å². The van der Waals surface area contributed by atoms with Crippen LogP contribution >= 0.6 is 0 Å². The van der Waals surface area contributed by atoms with Gasteiger partial charge in [0, 0.05) is 37.1 Å². The van der Waals surface area contributed by atoms with Crippen LogP contribution in [0.4, 0.5) is 35.3 Å². The number of fused-ring (bicyclic) bond motifs is 1. The monoisotopic (exact) mass is 554 g/mol. The summed E-state index contributed by atoms with van der Waals surface area (Å²) < 4.78 is 45.9. The molecule has 40 heavy (non-hydrogen) atoms. The van der Waals surface area contributed by atoms with Crippen LogP contribution in [0.3, 0.4) is 0 Å². The fourth-order valence-corrected chi connectivity index (χ4v) is 4.63. The molecule has 5 rings (SSSR count). The maximum atomic E-state index is 13.0. The summed E-state index contributed by atoms with van der Waals surface area (Å²) in [6.07, 6.45) is -2.27. The smallest absolute Gasteiger partial charge is 0.382 e. The van der Waals surface area contributed by atoms with Gasteiger partial charge in [0.25, 0.3) is 0 Å². The zero-order chi connectivity index (χ0) is 28.4. The summed E-state index contributed by atoms with van der Waals surface area (Å²) in [5.74, 6) is -0.215. The van der Waals surface area contributed by atoms with E-state index in [4.69, 9.17) is 10.5 Å². The second-order valence-electron chi connectivity index (χ2n) is 9.13. The number of nitrogens with zero attached hydrogens (tertiary/aromatic N) is 5. The minimum Gasteiger partial charge on any atom is -0.382 e. The second-order valence-corrected chi connectivity index (χ2v) is 9.13. The van der Waals surface area contributed by atoms with Crippen LogP contribution in [0.5, 0.6) is 0 Å². The first-order valence-corrected chi connectivity index (χ1v) is 12.3. The van der Waals surface area contributed by atoms with Crippen LogP contribution < -0.4 is 16.4 Å². The van der Waals surface area contributed by atoms with Gasteiger partial charge in [0.2, 0.25) is 0 Å². The molecule has 1 aromatic carbocycles. The standard InChI is InChI=1S/C26H25F3N8O3/c1-15(38)21-19(13-36-8-10-40-11-9-36)37-23(24(30)32-14-33-37)22(21)16-2-4-18(5-3-16)34-25(39)35-20-12-17(6-7-31-20)26(27,28)29/h2-7,12,14H,8-11,13H2,1H3,(H2,30,32,33)(H2,31,34,35,39). The number of alkyl halides is 3. The Morgan fingerprint density at radius 3 is 2.48 bits per heavy atom. The van der Waals surface area contributed by atoms with Crippen molar-refractivity contribution in [3.8, 4) is 11.1 Å². The average molecular weight is 555 g/mol. The Kier molecular flexibility index (Phi) is 7.36. The number of aromatic nitrogens is 4. The van der Waals surface area contributed by atoms with Crippen LogP contribution in [0, 0.1) is 0 Å². The van der Waals surface area contributed by atoms with Crippen molar-refractivity contribution in [2.45, 2.75) is 19.6 Å². The summed E-state index contributed by atoms with van der Waals surface area (Å²) in [4.78, 5) is 35.4. The highest BCUT2D eigenvalue weighted by Gasteiger charge is 2.31. The fraction of sp³-hybridized carbons (Fsp3) is 0.269. The number of hydrogen-bond donors (Lipinski definition) is 3. The quantitative estimate of drug-likeness (QED) is 0.303. The van der Waals surface area contributed by atoms with Gasteiger partial charge in [-0.05, 0) is 36.8 Å². The number of Topliss-reactive ketones (excluding diaryl/α,β-unsaturated/α-hetero) is 1. The van der Waals surface area contributed by atoms with Gasteiger partial charge in [-0.25, -0.2) is 19.3 Å². The minimum atomic E-state index is -4.57. The number of carbonyl (C=O) groups excluding carboxylic acids is 2. The van der Waals surface area contributed by atoms with E-state index in [9.17, 15) is 22.8 Å². The number of rotatable bonds is 6. The van der Waals surface area contributed by atoms with E-state index in [1.54, 1.807) is 28.8 Å². The summed E-state index contributed by atoms with van der Waals surface area (Å²) in [6.45, 7) is 4.53. The lowest BCUT2D eigenvalue weighted by molar-refractivity contribution is -0.137. The topological polar surface area (TPSA) is 140 Å². The number of halogens is 3. The molecular weight excluding hydrogens is 529 g/mol. The Balaban J connectivity index is 1.43. The molecule has 0 unspecified atom stereocenters. The molecule has 1 fully saturated rings. The minimum absolute atomic E-state index is 0.168. The summed E-state index contributed by atoms with van der Waals surface area (Å²) in [5, 5.41) is 9.24. The molecule has 4 N–H and O–H groups in total. The molecule has 4 aromatic rings. The summed E-state index contributed by atoms with van der Waals surface area (Å²) >= 11 is 0. The Morgan fingerprint density at radius 2 is 1.80 bits per heavy atom. The second kappa shape index (κ2) is 10.9. The third-order valence-electron chi connectivity index (χ3n) is 6.44. The first-order chi connectivity index (χ1) is 19.1. The predicted octanol–water partition coefficient (Wildman–Crippen LogP) is 4.07. The Labute approximate surface area is 226 Å². The van der Waals surface area contributed by atoms with E-state index in [-0.39, 0.29) is 17.4 Å². The number of hydrogen-bond acceptors (Lipinski definition) is 8. The number of nitrogens with one attached hydrogen (secondary N) is 2. The van der Waals surface area contributed by atoms with Crippen LogP contribution in [-0.4, -0.2) is 62.6 Å². The van der Waals surface area contributed by atoms with Crippen molar-refractivity contribution in [3.05, 3.63) is 65.7 Å². The van der Waals surface area contributed by atoms with E-state index in [0.29, 0.717) is 66.4 Å². The number of benzene rings is 1. The molecular formula is C26H25F3N8O3. The van der Waals surface area contributed by atoms with Crippen molar-refractivity contribution in [1.82, 2.24) is 24.5 Å². The number of pyridine rings is 1. The normalized spacial score (nSPS) is 14.3. The number of morpholine rings is 1. The largest absolute Gasteiger partial charge is 0.416 e. The molecule has 0 bridgehead atoms. The fourth-order valence-electron chi connectivity index (χ4n) is 4.63. The number of amides is 2. The number of carbonyl (C=O) groups is 2. The van der Waals surface area contributed by atoms with Crippen molar-refractivity contribution >= 4 is 34.7 Å². The van der Waals surface area contributed by atoms with E-state index in [2.05, 4.69) is 30.6 Å². The molecule has 3 aromatic heterocycles. The van der Waals surface area contributed by atoms with Gasteiger partial charge in [-0.3, -0.25) is 15.0 Å². The van der Waals surface area contributed by atoms with E-state index < -0.39 is 17.8 Å². The maximum Gasteiger partial charge on any atom is 0.416 e. The van der Waals surface area contributed by atoms with E-state index in [0.717, 1.165) is 18.3 Å². The molecule has 1 saturated heterocycles. The summed E-state index contributed by atoms with van der Waals surface area (Å²) in [6, 6.07) is 7.38. The zero-order valence-corrected chi connectivity index (χ0v) is 21.3. The van der Waals surface area contributed by atoms with Crippen molar-refractivity contribution in [2.24, 2.45) is 0 Å². The van der Waals surface area contributed by atoms with Crippen molar-refractivity contribution < 1.29 is 27.5 Å². The van der Waals surface area contributed by atoms with Gasteiger partial charge < -0.3 is 15.8 Å². The van der Waals surface area contributed by atoms with Gasteiger partial charge in [-0.1, -0.05) is 12.1 Å². The number of ketones is 1. The number of nitrogens with two attached hydrogens (primary N) is 1. The number of anilines is 3. The predicted molar refractivity (Wildman–Crippen MR) is 141 cm³/mol. The first-order valence-electron chi connectivity index (χ1n) is 12.3. The van der Waals surface area contributed by atoms with Gasteiger partial charge in [0.15, 0.2) is 11.6 Å². The van der Waals surface area contributed by atoms with Crippen LogP contribution in [-0.2, 0) is 17.5 Å². The molecule has 0 saturated carbocycles. The van der Waals surface area contributed by atoms with E-state index in [1.165, 1.54) is 13.3 Å². The molecule has 11 nitrogen and oxygen atoms in total. The van der Waals surface area contributed by atoms with Gasteiger partial charge in [0.05, 0.1) is 30.0 Å². The highest BCUT2D eigenvalue weighted by atomic mass is 19.4. The van der Waals surface area contributed by atoms with Crippen LogP contribution in [0.1, 0.15) is 28.5 Å². The Hall–Kier alpha value is -4.56. The molecule has 14 heteroatoms. The molecule has 1 aliphatic heterocycles. The van der Waals surface area contributed by atoms with Gasteiger partial charge in [-0.2, -0.15) is 18.3 Å². The zero-order valence-electron chi connectivity index (χ0n) is 21.3. The molecule has 4 heterocycles. The van der Waals surface area contributed by atoms with Crippen molar-refractivity contribution in [2.75, 3.05) is 42.7 Å². The SMILES string of the molecule is CC(=O)c1c(-c2ccc(NC(=O)Nc3cc(C(F)(F)F)ccn3)cc2)c2c(N)ncnn2c1CN1CCOCC1. The van der Waals surface area contributed by atoms with Crippen molar-refractivity contribution in [3.63, 3.8) is 0 Å². The first kappa shape index (κ1) is 27.0. The lowest BCUT2D eigenvalue weighted by atomic mass is 9.98.